The van der Waals surface area contributed by atoms with Crippen LogP contribution in [0.1, 0.15) is 9.88 Å². The molecule has 4 nitrogen and oxygen atoms in total. The van der Waals surface area contributed by atoms with Gasteiger partial charge in [0.2, 0.25) is 0 Å². The Morgan fingerprint density at radius 3 is 2.93 bits per heavy atom. The van der Waals surface area contributed by atoms with E-state index in [2.05, 4.69) is 9.88 Å². The molecule has 0 saturated carbocycles. The van der Waals surface area contributed by atoms with Crippen molar-refractivity contribution < 1.29 is 4.74 Å². The monoisotopic (exact) mass is 227 g/mol. The molecular weight excluding hydrogens is 210 g/mol. The van der Waals surface area contributed by atoms with E-state index < -0.39 is 0 Å². The van der Waals surface area contributed by atoms with E-state index in [4.69, 9.17) is 10.5 Å². The Morgan fingerprint density at radius 1 is 1.47 bits per heavy atom. The molecule has 0 aliphatic carbocycles. The predicted octanol–water partition coefficient (Wildman–Crippen LogP) is 0.476. The molecule has 15 heavy (non-hydrogen) atoms. The van der Waals surface area contributed by atoms with Crippen LogP contribution in [0.3, 0.4) is 0 Å². The number of aromatic nitrogens is 1. The summed E-state index contributed by atoms with van der Waals surface area (Å²) in [6.07, 6.45) is 2.92. The van der Waals surface area contributed by atoms with Gasteiger partial charge in [0.15, 0.2) is 0 Å². The summed E-state index contributed by atoms with van der Waals surface area (Å²) in [5.41, 5.74) is 5.55. The van der Waals surface area contributed by atoms with Gasteiger partial charge in [0.25, 0.3) is 0 Å². The van der Waals surface area contributed by atoms with Crippen molar-refractivity contribution in [2.24, 2.45) is 5.73 Å². The third-order valence-electron chi connectivity index (χ3n) is 2.55. The number of thiazole rings is 1. The quantitative estimate of drug-likeness (QED) is 0.812. The second kappa shape index (κ2) is 5.55. The topological polar surface area (TPSA) is 51.4 Å². The van der Waals surface area contributed by atoms with Gasteiger partial charge in [0.1, 0.15) is 0 Å². The molecule has 0 spiro atoms. The zero-order valence-electron chi connectivity index (χ0n) is 8.82. The Kier molecular flexibility index (Phi) is 4.08. The van der Waals surface area contributed by atoms with Crippen molar-refractivity contribution >= 4 is 11.3 Å². The summed E-state index contributed by atoms with van der Waals surface area (Å²) in [7, 11) is 0. The van der Waals surface area contributed by atoms with Gasteiger partial charge in [-0.25, -0.2) is 4.98 Å². The van der Waals surface area contributed by atoms with Crippen LogP contribution in [0.4, 0.5) is 0 Å². The molecule has 0 aromatic carbocycles. The fraction of sp³-hybridized carbons (Fsp3) is 0.700. The first-order valence-electron chi connectivity index (χ1n) is 5.32. The van der Waals surface area contributed by atoms with E-state index in [1.54, 1.807) is 11.3 Å². The highest BCUT2D eigenvalue weighted by Gasteiger charge is 2.10. The van der Waals surface area contributed by atoms with Crippen molar-refractivity contribution in [1.82, 2.24) is 9.88 Å². The highest BCUT2D eigenvalue weighted by molar-refractivity contribution is 7.11. The minimum Gasteiger partial charge on any atom is -0.379 e. The minimum atomic E-state index is 0.606. The van der Waals surface area contributed by atoms with Crippen molar-refractivity contribution in [3.05, 3.63) is 16.1 Å². The number of morpholine rings is 1. The molecule has 84 valence electrons. The summed E-state index contributed by atoms with van der Waals surface area (Å²) in [6, 6.07) is 0. The van der Waals surface area contributed by atoms with Crippen LogP contribution in [0.2, 0.25) is 0 Å². The maximum atomic E-state index is 5.55. The number of rotatable bonds is 4. The van der Waals surface area contributed by atoms with E-state index >= 15 is 0 Å². The summed E-state index contributed by atoms with van der Waals surface area (Å²) in [5.74, 6) is 0. The molecule has 0 atom stereocenters. The molecule has 0 bridgehead atoms. The zero-order valence-corrected chi connectivity index (χ0v) is 9.63. The van der Waals surface area contributed by atoms with Crippen LogP contribution in [0.5, 0.6) is 0 Å². The Morgan fingerprint density at radius 2 is 2.27 bits per heavy atom. The lowest BCUT2D eigenvalue weighted by Gasteiger charge is -2.25. The van der Waals surface area contributed by atoms with E-state index in [1.807, 2.05) is 6.20 Å². The smallest absolute Gasteiger partial charge is 0.0940 e. The van der Waals surface area contributed by atoms with Crippen LogP contribution in [0.25, 0.3) is 0 Å². The van der Waals surface area contributed by atoms with Gasteiger partial charge < -0.3 is 10.5 Å². The molecule has 1 aromatic heterocycles. The van der Waals surface area contributed by atoms with Crippen molar-refractivity contribution in [3.63, 3.8) is 0 Å². The van der Waals surface area contributed by atoms with Gasteiger partial charge in [-0.3, -0.25) is 4.90 Å². The summed E-state index contributed by atoms with van der Waals surface area (Å²) in [5, 5.41) is 1.20. The molecule has 1 aliphatic rings. The van der Waals surface area contributed by atoms with Crippen molar-refractivity contribution in [2.45, 2.75) is 13.0 Å². The fourth-order valence-corrected chi connectivity index (χ4v) is 2.43. The molecule has 2 rings (SSSR count). The molecular formula is C10H17N3OS. The molecule has 1 saturated heterocycles. The molecule has 0 amide bonds. The lowest BCUT2D eigenvalue weighted by atomic mass is 10.3. The van der Waals surface area contributed by atoms with Gasteiger partial charge in [-0.05, 0) is 0 Å². The average molecular weight is 227 g/mol. The van der Waals surface area contributed by atoms with Gasteiger partial charge in [-0.15, -0.1) is 11.3 Å². The Hall–Kier alpha value is -0.490. The fourth-order valence-electron chi connectivity index (χ4n) is 1.64. The number of hydrogen-bond donors (Lipinski definition) is 1. The summed E-state index contributed by atoms with van der Waals surface area (Å²) in [6.45, 7) is 5.53. The summed E-state index contributed by atoms with van der Waals surface area (Å²) in [4.78, 5) is 7.95. The van der Waals surface area contributed by atoms with E-state index in [-0.39, 0.29) is 0 Å². The van der Waals surface area contributed by atoms with Gasteiger partial charge >= 0.3 is 0 Å². The lowest BCUT2D eigenvalue weighted by Crippen LogP contribution is -2.37. The molecule has 1 aliphatic heterocycles. The zero-order chi connectivity index (χ0) is 10.5. The van der Waals surface area contributed by atoms with E-state index in [1.165, 1.54) is 9.88 Å². The number of nitrogens with zero attached hydrogens (tertiary/aromatic N) is 2. The maximum Gasteiger partial charge on any atom is 0.0940 e. The first-order valence-corrected chi connectivity index (χ1v) is 6.14. The van der Waals surface area contributed by atoms with E-state index in [0.717, 1.165) is 39.3 Å². The number of ether oxygens (including phenoxy) is 1. The molecule has 0 radical (unpaired) electrons. The lowest BCUT2D eigenvalue weighted by molar-refractivity contribution is 0.0384. The van der Waals surface area contributed by atoms with Crippen LogP contribution in [0.15, 0.2) is 6.20 Å². The molecule has 2 heterocycles. The molecule has 1 fully saturated rings. The van der Waals surface area contributed by atoms with Gasteiger partial charge in [-0.2, -0.15) is 0 Å². The van der Waals surface area contributed by atoms with Crippen molar-refractivity contribution in [1.29, 1.82) is 0 Å². The van der Waals surface area contributed by atoms with Crippen LogP contribution < -0.4 is 5.73 Å². The Bertz CT molecular complexity index is 297. The second-order valence-electron chi connectivity index (χ2n) is 3.63. The second-order valence-corrected chi connectivity index (χ2v) is 4.83. The number of hydrogen-bond acceptors (Lipinski definition) is 5. The van der Waals surface area contributed by atoms with Gasteiger partial charge in [0, 0.05) is 43.7 Å². The van der Waals surface area contributed by atoms with Crippen molar-refractivity contribution in [2.75, 3.05) is 32.8 Å². The highest BCUT2D eigenvalue weighted by atomic mass is 32.1. The summed E-state index contributed by atoms with van der Waals surface area (Å²) < 4.78 is 5.30. The SMILES string of the molecule is NCc1cnc(CCN2CCOCC2)s1. The first-order chi connectivity index (χ1) is 7.38. The largest absolute Gasteiger partial charge is 0.379 e. The standard InChI is InChI=1S/C10H17N3OS/c11-7-9-8-12-10(15-9)1-2-13-3-5-14-6-4-13/h8H,1-7,11H2. The van der Waals surface area contributed by atoms with Gasteiger partial charge in [0.05, 0.1) is 18.2 Å². The maximum absolute atomic E-state index is 5.55. The summed E-state index contributed by atoms with van der Waals surface area (Å²) >= 11 is 1.73. The van der Waals surface area contributed by atoms with Gasteiger partial charge in [-0.1, -0.05) is 0 Å². The van der Waals surface area contributed by atoms with Crippen LogP contribution in [0, 0.1) is 0 Å². The Balaban J connectivity index is 1.76. The third kappa shape index (κ3) is 3.24. The van der Waals surface area contributed by atoms with E-state index in [9.17, 15) is 0 Å². The predicted molar refractivity (Wildman–Crippen MR) is 61.0 cm³/mol. The highest BCUT2D eigenvalue weighted by Crippen LogP contribution is 2.13. The van der Waals surface area contributed by atoms with Crippen LogP contribution >= 0.6 is 11.3 Å². The first kappa shape index (κ1) is 11.0. The third-order valence-corrected chi connectivity index (χ3v) is 3.63. The Labute approximate surface area is 94.1 Å². The molecule has 5 heteroatoms. The molecule has 2 N–H and O–H groups in total. The normalized spacial score (nSPS) is 18.2. The van der Waals surface area contributed by atoms with E-state index in [0.29, 0.717) is 6.54 Å². The van der Waals surface area contributed by atoms with Crippen LogP contribution in [-0.4, -0.2) is 42.7 Å². The van der Waals surface area contributed by atoms with Crippen LogP contribution in [-0.2, 0) is 17.7 Å². The average Bonchev–Trinajstić information content (AvgIpc) is 2.76. The number of nitrogens with two attached hydrogens (primary N) is 1. The molecule has 1 aromatic rings. The molecule has 0 unspecified atom stereocenters. The minimum absolute atomic E-state index is 0.606. The van der Waals surface area contributed by atoms with Crippen molar-refractivity contribution in [3.8, 4) is 0 Å².